The summed E-state index contributed by atoms with van der Waals surface area (Å²) in [5.74, 6) is 0.637. The second kappa shape index (κ2) is 7.43. The molecule has 1 aliphatic rings. The van der Waals surface area contributed by atoms with Crippen LogP contribution in [-0.4, -0.2) is 44.0 Å². The fraction of sp³-hybridized carbons (Fsp3) is 0.316. The molecule has 0 aromatic heterocycles. The van der Waals surface area contributed by atoms with Crippen LogP contribution in [0.5, 0.6) is 5.75 Å². The van der Waals surface area contributed by atoms with E-state index in [1.165, 1.54) is 13.0 Å². The molecule has 0 saturated carbocycles. The molecule has 2 aromatic rings. The number of ether oxygens (including phenoxy) is 1. The van der Waals surface area contributed by atoms with Crippen LogP contribution in [0.4, 0.5) is 17.1 Å². The Morgan fingerprint density at radius 1 is 1.04 bits per heavy atom. The molecule has 1 saturated heterocycles. The summed E-state index contributed by atoms with van der Waals surface area (Å²) in [5, 5.41) is 11.4. The van der Waals surface area contributed by atoms with Crippen molar-refractivity contribution in [3.05, 3.63) is 58.1 Å². The van der Waals surface area contributed by atoms with Crippen molar-refractivity contribution < 1.29 is 14.5 Å². The maximum atomic E-state index is 11.5. The van der Waals surface area contributed by atoms with E-state index in [1.54, 1.807) is 19.2 Å². The number of nitro benzene ring substituents is 1. The van der Waals surface area contributed by atoms with Gasteiger partial charge in [-0.3, -0.25) is 14.9 Å². The number of carbonyl (C=O) groups excluding carboxylic acids is 1. The summed E-state index contributed by atoms with van der Waals surface area (Å²) in [6.07, 6.45) is 0. The van der Waals surface area contributed by atoms with E-state index in [0.29, 0.717) is 24.3 Å². The van der Waals surface area contributed by atoms with Gasteiger partial charge in [-0.15, -0.1) is 0 Å². The van der Waals surface area contributed by atoms with Crippen LogP contribution in [0, 0.1) is 10.1 Å². The summed E-state index contributed by atoms with van der Waals surface area (Å²) in [4.78, 5) is 26.7. The summed E-state index contributed by atoms with van der Waals surface area (Å²) in [7, 11) is 1.65. The monoisotopic (exact) mass is 355 g/mol. The first-order valence-corrected chi connectivity index (χ1v) is 8.43. The smallest absolute Gasteiger partial charge is 0.293 e. The number of rotatable bonds is 5. The van der Waals surface area contributed by atoms with E-state index >= 15 is 0 Å². The molecule has 0 spiro atoms. The lowest BCUT2D eigenvalue weighted by Gasteiger charge is -2.37. The molecule has 26 heavy (non-hydrogen) atoms. The van der Waals surface area contributed by atoms with Crippen molar-refractivity contribution in [2.45, 2.75) is 6.92 Å². The average molecular weight is 355 g/mol. The van der Waals surface area contributed by atoms with Gasteiger partial charge >= 0.3 is 0 Å². The van der Waals surface area contributed by atoms with Gasteiger partial charge in [0.1, 0.15) is 11.4 Å². The fourth-order valence-electron chi connectivity index (χ4n) is 3.24. The first-order chi connectivity index (χ1) is 12.5. The van der Waals surface area contributed by atoms with Gasteiger partial charge in [0.15, 0.2) is 5.78 Å². The lowest BCUT2D eigenvalue weighted by atomic mass is 10.1. The van der Waals surface area contributed by atoms with Crippen LogP contribution in [0.15, 0.2) is 42.5 Å². The van der Waals surface area contributed by atoms with E-state index in [1.807, 2.05) is 29.2 Å². The molecule has 0 aliphatic carbocycles. The van der Waals surface area contributed by atoms with Gasteiger partial charge in [0.05, 0.1) is 17.7 Å². The van der Waals surface area contributed by atoms with Crippen molar-refractivity contribution in [1.29, 1.82) is 0 Å². The molecule has 7 heteroatoms. The summed E-state index contributed by atoms with van der Waals surface area (Å²) >= 11 is 0. The van der Waals surface area contributed by atoms with E-state index < -0.39 is 4.92 Å². The quantitative estimate of drug-likeness (QED) is 0.466. The maximum absolute atomic E-state index is 11.5. The number of hydrogen-bond donors (Lipinski definition) is 0. The number of benzene rings is 2. The van der Waals surface area contributed by atoms with Gasteiger partial charge in [-0.1, -0.05) is 12.1 Å². The molecule has 0 atom stereocenters. The number of Topliss-reactive ketones (excluding diaryl/α,β-unsaturated/α-hetero) is 1. The maximum Gasteiger partial charge on any atom is 0.293 e. The zero-order chi connectivity index (χ0) is 18.7. The fourth-order valence-corrected chi connectivity index (χ4v) is 3.24. The van der Waals surface area contributed by atoms with Crippen LogP contribution in [0.3, 0.4) is 0 Å². The first-order valence-electron chi connectivity index (χ1n) is 8.43. The third kappa shape index (κ3) is 3.46. The summed E-state index contributed by atoms with van der Waals surface area (Å²) in [6, 6.07) is 12.5. The number of hydrogen-bond acceptors (Lipinski definition) is 6. The molecule has 0 unspecified atom stereocenters. The van der Waals surface area contributed by atoms with Crippen molar-refractivity contribution >= 4 is 22.8 Å². The van der Waals surface area contributed by atoms with Gasteiger partial charge in [0.25, 0.3) is 5.69 Å². The number of nitrogens with zero attached hydrogens (tertiary/aromatic N) is 3. The van der Waals surface area contributed by atoms with E-state index in [2.05, 4.69) is 4.90 Å². The highest BCUT2D eigenvalue weighted by Crippen LogP contribution is 2.33. The SMILES string of the molecule is COc1ccccc1N1CCN(c2ccc(C(C)=O)cc2[N+](=O)[O-])CC1. The van der Waals surface area contributed by atoms with Crippen molar-refractivity contribution in [3.63, 3.8) is 0 Å². The molecule has 0 N–H and O–H groups in total. The highest BCUT2D eigenvalue weighted by atomic mass is 16.6. The third-order valence-electron chi connectivity index (χ3n) is 4.62. The van der Waals surface area contributed by atoms with Crippen LogP contribution in [-0.2, 0) is 0 Å². The molecule has 7 nitrogen and oxygen atoms in total. The molecule has 1 fully saturated rings. The number of para-hydroxylation sites is 2. The summed E-state index contributed by atoms with van der Waals surface area (Å²) in [6.45, 7) is 4.17. The number of carbonyl (C=O) groups is 1. The highest BCUT2D eigenvalue weighted by molar-refractivity contribution is 5.95. The molecular weight excluding hydrogens is 334 g/mol. The standard InChI is InChI=1S/C19H21N3O4/c1-14(23)15-7-8-16(18(13-15)22(24)25)20-9-11-21(12-10-20)17-5-3-4-6-19(17)26-2/h3-8,13H,9-12H2,1-2H3. The molecule has 3 rings (SSSR count). The lowest BCUT2D eigenvalue weighted by molar-refractivity contribution is -0.384. The van der Waals surface area contributed by atoms with Crippen LogP contribution in [0.2, 0.25) is 0 Å². The van der Waals surface area contributed by atoms with Crippen molar-refractivity contribution in [2.75, 3.05) is 43.1 Å². The number of anilines is 2. The molecule has 0 amide bonds. The number of ketones is 1. The van der Waals surface area contributed by atoms with Crippen molar-refractivity contribution in [3.8, 4) is 5.75 Å². The Kier molecular flexibility index (Phi) is 5.06. The predicted octanol–water partition coefficient (Wildman–Crippen LogP) is 3.13. The molecule has 1 aliphatic heterocycles. The Balaban J connectivity index is 1.80. The normalized spacial score (nSPS) is 14.2. The zero-order valence-electron chi connectivity index (χ0n) is 14.8. The van der Waals surface area contributed by atoms with Gasteiger partial charge in [-0.2, -0.15) is 0 Å². The average Bonchev–Trinajstić information content (AvgIpc) is 2.67. The molecular formula is C19H21N3O4. The predicted molar refractivity (Wildman–Crippen MR) is 101 cm³/mol. The van der Waals surface area contributed by atoms with E-state index in [9.17, 15) is 14.9 Å². The van der Waals surface area contributed by atoms with Gasteiger partial charge < -0.3 is 14.5 Å². The Morgan fingerprint density at radius 2 is 1.65 bits per heavy atom. The van der Waals surface area contributed by atoms with Crippen molar-refractivity contribution in [2.24, 2.45) is 0 Å². The summed E-state index contributed by atoms with van der Waals surface area (Å²) in [5.41, 5.74) is 1.91. The van der Waals surface area contributed by atoms with Crippen molar-refractivity contribution in [1.82, 2.24) is 0 Å². The molecule has 1 heterocycles. The zero-order valence-corrected chi connectivity index (χ0v) is 14.8. The van der Waals surface area contributed by atoms with Gasteiger partial charge in [-0.05, 0) is 31.2 Å². The first kappa shape index (κ1) is 17.7. The topological polar surface area (TPSA) is 75.9 Å². The minimum atomic E-state index is -0.422. The number of methoxy groups -OCH3 is 1. The van der Waals surface area contributed by atoms with E-state index in [4.69, 9.17) is 4.74 Å². The second-order valence-corrected chi connectivity index (χ2v) is 6.16. The van der Waals surface area contributed by atoms with Crippen LogP contribution < -0.4 is 14.5 Å². The number of piperazine rings is 1. The number of nitro groups is 1. The Morgan fingerprint density at radius 3 is 2.23 bits per heavy atom. The Hall–Kier alpha value is -3.09. The largest absolute Gasteiger partial charge is 0.495 e. The van der Waals surface area contributed by atoms with Gasteiger partial charge in [0.2, 0.25) is 0 Å². The Bertz CT molecular complexity index is 829. The lowest BCUT2D eigenvalue weighted by Crippen LogP contribution is -2.46. The van der Waals surface area contributed by atoms with E-state index in [-0.39, 0.29) is 11.5 Å². The summed E-state index contributed by atoms with van der Waals surface area (Å²) < 4.78 is 5.42. The molecule has 2 aromatic carbocycles. The highest BCUT2D eigenvalue weighted by Gasteiger charge is 2.25. The minimum absolute atomic E-state index is 0.0246. The van der Waals surface area contributed by atoms with Gasteiger partial charge in [-0.25, -0.2) is 0 Å². The minimum Gasteiger partial charge on any atom is -0.495 e. The third-order valence-corrected chi connectivity index (χ3v) is 4.62. The Labute approximate surface area is 151 Å². The van der Waals surface area contributed by atoms with Crippen LogP contribution in [0.1, 0.15) is 17.3 Å². The molecule has 136 valence electrons. The van der Waals surface area contributed by atoms with Gasteiger partial charge in [0, 0.05) is 37.8 Å². The van der Waals surface area contributed by atoms with Crippen LogP contribution >= 0.6 is 0 Å². The second-order valence-electron chi connectivity index (χ2n) is 6.16. The van der Waals surface area contributed by atoms with Crippen LogP contribution in [0.25, 0.3) is 0 Å². The molecule has 0 radical (unpaired) electrons. The van der Waals surface area contributed by atoms with E-state index in [0.717, 1.165) is 24.5 Å². The molecule has 0 bridgehead atoms.